The number of aromatic amines is 1. The number of hydrogen-bond donors (Lipinski definition) is 3. The first kappa shape index (κ1) is 12.4. The van der Waals surface area contributed by atoms with E-state index in [1.165, 1.54) is 11.7 Å². The lowest BCUT2D eigenvalue weighted by atomic mass is 10.2. The summed E-state index contributed by atoms with van der Waals surface area (Å²) >= 11 is 4.95. The highest BCUT2D eigenvalue weighted by Gasteiger charge is 2.31. The van der Waals surface area contributed by atoms with Gasteiger partial charge in [-0.3, -0.25) is 0 Å². The fourth-order valence-electron chi connectivity index (χ4n) is 1.40. The minimum absolute atomic E-state index is 0.235. The fraction of sp³-hybridized carbons (Fsp3) is 0.111. The van der Waals surface area contributed by atoms with Crippen molar-refractivity contribution in [3.8, 4) is 5.69 Å². The minimum atomic E-state index is -1.05. The molecule has 0 bridgehead atoms. The van der Waals surface area contributed by atoms with Crippen LogP contribution in [-0.2, 0) is 0 Å². The molecule has 1 aromatic heterocycles. The van der Waals surface area contributed by atoms with Crippen LogP contribution in [0.15, 0.2) is 24.3 Å². The maximum Gasteiger partial charge on any atom is 0.451 e. The third-order valence-electron chi connectivity index (χ3n) is 2.49. The molecule has 1 atom stereocenters. The number of H-pyrrole nitrogens is 1. The van der Waals surface area contributed by atoms with Gasteiger partial charge in [0.05, 0.1) is 5.69 Å². The number of carbonyl (C=O) groups is 1. The Labute approximate surface area is 107 Å². The number of hydroxylamine groups is 2. The van der Waals surface area contributed by atoms with Crippen LogP contribution in [0.2, 0.25) is 0 Å². The number of nitrogens with two attached hydrogens (primary N) is 1. The number of carbonyl (C=O) groups excluding carboxylic acids is 1. The summed E-state index contributed by atoms with van der Waals surface area (Å²) in [5, 5.41) is 19.7. The lowest BCUT2D eigenvalue weighted by Gasteiger charge is -2.19. The van der Waals surface area contributed by atoms with Gasteiger partial charge < -0.3 is 5.73 Å². The van der Waals surface area contributed by atoms with Crippen LogP contribution in [-0.4, -0.2) is 38.5 Å². The Bertz CT molecular complexity index is 646. The Morgan fingerprint density at radius 2 is 2.33 bits per heavy atom. The standard InChI is InChI=1S/C9H10N6O2S/c1-15(17,8(10)16)7-4-2-3-6(5-7)14-9(18)11-12-13-14/h2-5,17H,1H3,(H2-,10,11,13,16,18)/p+1. The minimum Gasteiger partial charge on any atom is -0.316 e. The van der Waals surface area contributed by atoms with Crippen molar-refractivity contribution < 1.29 is 10.0 Å². The summed E-state index contributed by atoms with van der Waals surface area (Å²) < 4.78 is 0.612. The number of nitrogens with zero attached hydrogens (tertiary/aromatic N) is 4. The van der Waals surface area contributed by atoms with Crippen LogP contribution in [0.3, 0.4) is 0 Å². The highest BCUT2D eigenvalue weighted by molar-refractivity contribution is 7.71. The molecule has 0 spiro atoms. The molecule has 0 saturated carbocycles. The SMILES string of the molecule is C[N+](O)(C(N)=O)c1cccc(-n2[nH]nnc2=S)c1. The van der Waals surface area contributed by atoms with Crippen molar-refractivity contribution in [2.45, 2.75) is 0 Å². The summed E-state index contributed by atoms with van der Waals surface area (Å²) in [6, 6.07) is 5.61. The predicted molar refractivity (Wildman–Crippen MR) is 65.6 cm³/mol. The number of rotatable bonds is 2. The molecule has 2 aromatic rings. The molecule has 4 N–H and O–H groups in total. The van der Waals surface area contributed by atoms with Crippen LogP contribution in [0.1, 0.15) is 0 Å². The molecule has 0 saturated heterocycles. The highest BCUT2D eigenvalue weighted by Crippen LogP contribution is 2.21. The zero-order chi connectivity index (χ0) is 13.3. The Morgan fingerprint density at radius 3 is 2.89 bits per heavy atom. The van der Waals surface area contributed by atoms with E-state index in [9.17, 15) is 10.0 Å². The molecule has 0 aliphatic rings. The zero-order valence-electron chi connectivity index (χ0n) is 9.44. The second-order valence-electron chi connectivity index (χ2n) is 3.74. The molecule has 0 radical (unpaired) electrons. The average molecular weight is 267 g/mol. The van der Waals surface area contributed by atoms with Gasteiger partial charge in [-0.2, -0.15) is 5.21 Å². The molecular weight excluding hydrogens is 256 g/mol. The Morgan fingerprint density at radius 1 is 1.61 bits per heavy atom. The quantitative estimate of drug-likeness (QED) is 0.321. The second kappa shape index (κ2) is 4.29. The summed E-state index contributed by atoms with van der Waals surface area (Å²) in [6.07, 6.45) is 0. The number of hydrogen-bond acceptors (Lipinski definition) is 5. The number of amides is 2. The van der Waals surface area contributed by atoms with E-state index in [-0.39, 0.29) is 4.77 Å². The normalized spacial score (nSPS) is 14.1. The van der Waals surface area contributed by atoms with Gasteiger partial charge in [-0.15, -0.1) is 0 Å². The third kappa shape index (κ3) is 2.01. The van der Waals surface area contributed by atoms with Crippen molar-refractivity contribution in [2.75, 3.05) is 7.05 Å². The van der Waals surface area contributed by atoms with Gasteiger partial charge in [0, 0.05) is 12.1 Å². The maximum atomic E-state index is 11.2. The molecule has 1 unspecified atom stereocenters. The summed E-state index contributed by atoms with van der Waals surface area (Å²) in [5.41, 5.74) is 6.01. The number of primary amides is 1. The molecule has 0 fully saturated rings. The number of nitrogens with one attached hydrogen (secondary N) is 1. The lowest BCUT2D eigenvalue weighted by Crippen LogP contribution is -2.50. The largest absolute Gasteiger partial charge is 0.451 e. The van der Waals surface area contributed by atoms with Crippen LogP contribution in [0.5, 0.6) is 0 Å². The van der Waals surface area contributed by atoms with E-state index < -0.39 is 10.7 Å². The molecule has 2 rings (SSSR count). The van der Waals surface area contributed by atoms with E-state index >= 15 is 0 Å². The van der Waals surface area contributed by atoms with Crippen LogP contribution in [0, 0.1) is 4.77 Å². The first-order chi connectivity index (χ1) is 8.43. The molecule has 0 aliphatic carbocycles. The van der Waals surface area contributed by atoms with Crippen molar-refractivity contribution in [1.29, 1.82) is 0 Å². The molecule has 18 heavy (non-hydrogen) atoms. The first-order valence-corrected chi connectivity index (χ1v) is 5.34. The van der Waals surface area contributed by atoms with Crippen molar-refractivity contribution in [1.82, 2.24) is 24.9 Å². The van der Waals surface area contributed by atoms with Crippen molar-refractivity contribution in [3.63, 3.8) is 0 Å². The van der Waals surface area contributed by atoms with Crippen LogP contribution in [0.25, 0.3) is 5.69 Å². The van der Waals surface area contributed by atoms with E-state index in [1.807, 2.05) is 0 Å². The van der Waals surface area contributed by atoms with Gasteiger partial charge in [-0.1, -0.05) is 21.0 Å². The number of quaternary nitrogens is 1. The van der Waals surface area contributed by atoms with E-state index in [4.69, 9.17) is 18.0 Å². The van der Waals surface area contributed by atoms with Crippen molar-refractivity contribution in [2.24, 2.45) is 5.73 Å². The van der Waals surface area contributed by atoms with Crippen LogP contribution < -0.4 is 10.4 Å². The summed E-state index contributed by atoms with van der Waals surface area (Å²) in [4.78, 5) is 11.2. The van der Waals surface area contributed by atoms with Gasteiger partial charge in [0.15, 0.2) is 5.69 Å². The number of benzene rings is 1. The molecule has 1 heterocycles. The van der Waals surface area contributed by atoms with Gasteiger partial charge in [0.2, 0.25) is 4.77 Å². The Balaban J connectivity index is 2.53. The molecule has 9 heteroatoms. The molecule has 94 valence electrons. The molecule has 1 aromatic carbocycles. The molecule has 8 nitrogen and oxygen atoms in total. The second-order valence-corrected chi connectivity index (χ2v) is 4.10. The molecule has 0 aliphatic heterocycles. The number of urea groups is 1. The Kier molecular flexibility index (Phi) is 2.95. The molecular formula is C9H11N6O2S+. The van der Waals surface area contributed by atoms with Crippen molar-refractivity contribution in [3.05, 3.63) is 29.0 Å². The third-order valence-corrected chi connectivity index (χ3v) is 2.76. The lowest BCUT2D eigenvalue weighted by molar-refractivity contribution is -0.00678. The summed E-state index contributed by atoms with van der Waals surface area (Å²) in [7, 11) is 1.27. The van der Waals surface area contributed by atoms with Crippen LogP contribution >= 0.6 is 12.2 Å². The maximum absolute atomic E-state index is 11.2. The van der Waals surface area contributed by atoms with Crippen molar-refractivity contribution >= 4 is 23.9 Å². The van der Waals surface area contributed by atoms with Gasteiger partial charge in [0.25, 0.3) is 0 Å². The topological polar surface area (TPSA) is 110 Å². The number of aromatic nitrogens is 4. The summed E-state index contributed by atoms with van der Waals surface area (Å²) in [6.45, 7) is 0. The highest BCUT2D eigenvalue weighted by atomic mass is 32.1. The van der Waals surface area contributed by atoms with E-state index in [1.54, 1.807) is 24.3 Å². The van der Waals surface area contributed by atoms with E-state index in [0.717, 1.165) is 0 Å². The summed E-state index contributed by atoms with van der Waals surface area (Å²) in [5.74, 6) is 0. The monoisotopic (exact) mass is 267 g/mol. The van der Waals surface area contributed by atoms with Crippen LogP contribution in [0.4, 0.5) is 10.5 Å². The van der Waals surface area contributed by atoms with E-state index in [0.29, 0.717) is 11.4 Å². The fourth-order valence-corrected chi connectivity index (χ4v) is 1.58. The Hall–Kier alpha value is -2.10. The predicted octanol–water partition coefficient (Wildman–Crippen LogP) is 0.730. The van der Waals surface area contributed by atoms with Gasteiger partial charge in [-0.25, -0.2) is 14.7 Å². The van der Waals surface area contributed by atoms with Gasteiger partial charge >= 0.3 is 6.03 Å². The van der Waals surface area contributed by atoms with Gasteiger partial charge in [-0.05, 0) is 18.3 Å². The average Bonchev–Trinajstić information content (AvgIpc) is 2.75. The van der Waals surface area contributed by atoms with E-state index in [2.05, 4.69) is 15.5 Å². The smallest absolute Gasteiger partial charge is 0.316 e. The first-order valence-electron chi connectivity index (χ1n) is 4.93. The van der Waals surface area contributed by atoms with Gasteiger partial charge in [0.1, 0.15) is 7.05 Å². The zero-order valence-corrected chi connectivity index (χ0v) is 10.3. The number of tetrazole rings is 1. The molecule has 2 amide bonds.